The number of nitro groups is 1. The second-order valence-electron chi connectivity index (χ2n) is 4.90. The molecule has 0 spiro atoms. The molecule has 2 rings (SSSR count). The molecule has 0 saturated heterocycles. The van der Waals surface area contributed by atoms with Crippen LogP contribution in [0.2, 0.25) is 5.02 Å². The van der Waals surface area contributed by atoms with Gasteiger partial charge in [0.05, 0.1) is 28.7 Å². The van der Waals surface area contributed by atoms with Gasteiger partial charge >= 0.3 is 0 Å². The molecular formula is C17H17ClN2O5. The molecule has 0 unspecified atom stereocenters. The Balaban J connectivity index is 2.27. The number of rotatable bonds is 7. The van der Waals surface area contributed by atoms with E-state index in [9.17, 15) is 14.9 Å². The average Bonchev–Trinajstić information content (AvgIpc) is 2.57. The molecule has 8 heteroatoms. The molecule has 0 heterocycles. The lowest BCUT2D eigenvalue weighted by Gasteiger charge is -2.13. The summed E-state index contributed by atoms with van der Waals surface area (Å²) in [4.78, 5) is 22.7. The van der Waals surface area contributed by atoms with Crippen LogP contribution >= 0.6 is 11.6 Å². The van der Waals surface area contributed by atoms with Crippen LogP contribution in [0.3, 0.4) is 0 Å². The first-order valence-corrected chi connectivity index (χ1v) is 7.99. The molecule has 0 atom stereocenters. The maximum Gasteiger partial charge on any atom is 0.270 e. The molecule has 0 aliphatic carbocycles. The van der Waals surface area contributed by atoms with Crippen molar-refractivity contribution in [1.82, 2.24) is 0 Å². The highest BCUT2D eigenvalue weighted by molar-refractivity contribution is 6.34. The van der Waals surface area contributed by atoms with Crippen molar-refractivity contribution >= 4 is 28.9 Å². The third kappa shape index (κ3) is 4.60. The SMILES string of the molecule is CCOc1ccc(NC(=O)c2cc([N+](=O)[O-])ccc2Cl)cc1OCC. The van der Waals surface area contributed by atoms with Crippen LogP contribution in [0.25, 0.3) is 0 Å². The van der Waals surface area contributed by atoms with Gasteiger partial charge in [-0.3, -0.25) is 14.9 Å². The van der Waals surface area contributed by atoms with E-state index in [0.717, 1.165) is 6.07 Å². The van der Waals surface area contributed by atoms with Gasteiger partial charge in [-0.1, -0.05) is 11.6 Å². The summed E-state index contributed by atoms with van der Waals surface area (Å²) in [7, 11) is 0. The van der Waals surface area contributed by atoms with Crippen molar-refractivity contribution in [2.75, 3.05) is 18.5 Å². The van der Waals surface area contributed by atoms with Gasteiger partial charge in [0.25, 0.3) is 11.6 Å². The molecule has 0 bridgehead atoms. The highest BCUT2D eigenvalue weighted by Gasteiger charge is 2.17. The third-order valence-electron chi connectivity index (χ3n) is 3.21. The molecule has 25 heavy (non-hydrogen) atoms. The summed E-state index contributed by atoms with van der Waals surface area (Å²) in [6.45, 7) is 4.61. The molecule has 1 amide bonds. The minimum atomic E-state index is -0.586. The molecule has 0 fully saturated rings. The molecule has 0 radical (unpaired) electrons. The summed E-state index contributed by atoms with van der Waals surface area (Å²) in [6, 6.07) is 8.64. The van der Waals surface area contributed by atoms with E-state index in [1.165, 1.54) is 12.1 Å². The number of nitrogens with zero attached hydrogens (tertiary/aromatic N) is 1. The van der Waals surface area contributed by atoms with Crippen molar-refractivity contribution in [2.45, 2.75) is 13.8 Å². The number of amides is 1. The Morgan fingerprint density at radius 2 is 1.80 bits per heavy atom. The van der Waals surface area contributed by atoms with Gasteiger partial charge in [0, 0.05) is 23.9 Å². The minimum absolute atomic E-state index is 0.0164. The van der Waals surface area contributed by atoms with E-state index < -0.39 is 10.8 Å². The highest BCUT2D eigenvalue weighted by atomic mass is 35.5. The van der Waals surface area contributed by atoms with Crippen molar-refractivity contribution in [3.05, 3.63) is 57.1 Å². The fraction of sp³-hybridized carbons (Fsp3) is 0.235. The maximum absolute atomic E-state index is 12.4. The third-order valence-corrected chi connectivity index (χ3v) is 3.54. The van der Waals surface area contributed by atoms with Gasteiger partial charge in [0.1, 0.15) is 0 Å². The first-order valence-electron chi connectivity index (χ1n) is 7.61. The summed E-state index contributed by atoms with van der Waals surface area (Å²) in [6.07, 6.45) is 0. The van der Waals surface area contributed by atoms with Gasteiger partial charge in [-0.25, -0.2) is 0 Å². The van der Waals surface area contributed by atoms with Crippen LogP contribution in [-0.4, -0.2) is 24.0 Å². The van der Waals surface area contributed by atoms with Gasteiger partial charge in [-0.15, -0.1) is 0 Å². The van der Waals surface area contributed by atoms with Gasteiger partial charge in [0.15, 0.2) is 11.5 Å². The van der Waals surface area contributed by atoms with Crippen LogP contribution in [-0.2, 0) is 0 Å². The van der Waals surface area contributed by atoms with E-state index in [0.29, 0.717) is 30.4 Å². The predicted octanol–water partition coefficient (Wildman–Crippen LogP) is 4.30. The van der Waals surface area contributed by atoms with Gasteiger partial charge in [-0.05, 0) is 32.0 Å². The van der Waals surface area contributed by atoms with Crippen LogP contribution in [0.4, 0.5) is 11.4 Å². The molecule has 0 aliphatic rings. The van der Waals surface area contributed by atoms with E-state index in [1.54, 1.807) is 18.2 Å². The van der Waals surface area contributed by atoms with E-state index >= 15 is 0 Å². The van der Waals surface area contributed by atoms with Crippen LogP contribution in [0, 0.1) is 10.1 Å². The van der Waals surface area contributed by atoms with E-state index in [-0.39, 0.29) is 16.3 Å². The van der Waals surface area contributed by atoms with Crippen molar-refractivity contribution < 1.29 is 19.2 Å². The van der Waals surface area contributed by atoms with Crippen molar-refractivity contribution in [3.8, 4) is 11.5 Å². The highest BCUT2D eigenvalue weighted by Crippen LogP contribution is 2.31. The Kier molecular flexibility index (Phi) is 6.19. The van der Waals surface area contributed by atoms with E-state index in [4.69, 9.17) is 21.1 Å². The number of hydrogen-bond donors (Lipinski definition) is 1. The van der Waals surface area contributed by atoms with Crippen molar-refractivity contribution in [1.29, 1.82) is 0 Å². The van der Waals surface area contributed by atoms with Gasteiger partial charge in [-0.2, -0.15) is 0 Å². The smallest absolute Gasteiger partial charge is 0.270 e. The van der Waals surface area contributed by atoms with Gasteiger partial charge < -0.3 is 14.8 Å². The zero-order valence-corrected chi connectivity index (χ0v) is 14.5. The molecule has 1 N–H and O–H groups in total. The quantitative estimate of drug-likeness (QED) is 0.584. The summed E-state index contributed by atoms with van der Waals surface area (Å²) < 4.78 is 11.0. The lowest BCUT2D eigenvalue weighted by molar-refractivity contribution is -0.384. The topological polar surface area (TPSA) is 90.7 Å². The predicted molar refractivity (Wildman–Crippen MR) is 94.8 cm³/mol. The summed E-state index contributed by atoms with van der Waals surface area (Å²) in [5.74, 6) is 0.503. The number of halogens is 1. The zero-order valence-electron chi connectivity index (χ0n) is 13.7. The number of nitrogens with one attached hydrogen (secondary N) is 1. The largest absolute Gasteiger partial charge is 0.490 e. The Hall–Kier alpha value is -2.80. The number of benzene rings is 2. The van der Waals surface area contributed by atoms with Crippen molar-refractivity contribution in [3.63, 3.8) is 0 Å². The second kappa shape index (κ2) is 8.34. The Bertz CT molecular complexity index is 795. The molecule has 0 aliphatic heterocycles. The molecule has 132 valence electrons. The normalized spacial score (nSPS) is 10.2. The van der Waals surface area contributed by atoms with Crippen LogP contribution in [0.5, 0.6) is 11.5 Å². The monoisotopic (exact) mass is 364 g/mol. The Morgan fingerprint density at radius 1 is 1.12 bits per heavy atom. The Labute approximate surface area is 149 Å². The van der Waals surface area contributed by atoms with Crippen LogP contribution in [0.1, 0.15) is 24.2 Å². The molecular weight excluding hydrogens is 348 g/mol. The summed E-state index contributed by atoms with van der Waals surface area (Å²) in [5, 5.41) is 13.6. The second-order valence-corrected chi connectivity index (χ2v) is 5.31. The number of non-ortho nitro benzene ring substituents is 1. The number of carbonyl (C=O) groups is 1. The first-order chi connectivity index (χ1) is 12.0. The minimum Gasteiger partial charge on any atom is -0.490 e. The molecule has 0 saturated carbocycles. The lowest BCUT2D eigenvalue weighted by Crippen LogP contribution is -2.13. The molecule has 2 aromatic rings. The standard InChI is InChI=1S/C17H17ClN2O5/c1-3-24-15-8-5-11(9-16(15)25-4-2)19-17(21)13-10-12(20(22)23)6-7-14(13)18/h5-10H,3-4H2,1-2H3,(H,19,21). The number of hydrogen-bond acceptors (Lipinski definition) is 5. The first kappa shape index (κ1) is 18.5. The van der Waals surface area contributed by atoms with Gasteiger partial charge in [0.2, 0.25) is 0 Å². The van der Waals surface area contributed by atoms with Crippen LogP contribution < -0.4 is 14.8 Å². The molecule has 7 nitrogen and oxygen atoms in total. The number of nitro benzene ring substituents is 1. The van der Waals surface area contributed by atoms with Crippen molar-refractivity contribution in [2.24, 2.45) is 0 Å². The average molecular weight is 365 g/mol. The zero-order chi connectivity index (χ0) is 18.4. The van der Waals surface area contributed by atoms with E-state index in [1.807, 2.05) is 13.8 Å². The lowest BCUT2D eigenvalue weighted by atomic mass is 10.1. The summed E-state index contributed by atoms with van der Waals surface area (Å²) in [5.41, 5.74) is 0.262. The molecule has 0 aromatic heterocycles. The fourth-order valence-corrected chi connectivity index (χ4v) is 2.33. The number of carbonyl (C=O) groups excluding carboxylic acids is 1. The molecule has 2 aromatic carbocycles. The van der Waals surface area contributed by atoms with Crippen LogP contribution in [0.15, 0.2) is 36.4 Å². The fourth-order valence-electron chi connectivity index (χ4n) is 2.13. The Morgan fingerprint density at radius 3 is 2.44 bits per heavy atom. The summed E-state index contributed by atoms with van der Waals surface area (Å²) >= 11 is 5.98. The van der Waals surface area contributed by atoms with E-state index in [2.05, 4.69) is 5.32 Å². The number of anilines is 1. The maximum atomic E-state index is 12.4. The number of ether oxygens (including phenoxy) is 2.